The zero-order chi connectivity index (χ0) is 16.3. The molecule has 1 rings (SSSR count). The molecule has 0 radical (unpaired) electrons. The Balaban J connectivity index is 3.38. The number of aromatic nitrogens is 1. The molecule has 1 unspecified atom stereocenters. The van der Waals surface area contributed by atoms with Crippen molar-refractivity contribution < 1.29 is 0 Å². The van der Waals surface area contributed by atoms with Crippen LogP contribution in [0, 0.1) is 0 Å². The summed E-state index contributed by atoms with van der Waals surface area (Å²) in [4.78, 5) is 12.3. The Morgan fingerprint density at radius 2 is 1.73 bits per heavy atom. The normalized spacial score (nSPS) is 13.7. The SMILES string of the molecule is CCCCCC(c1ccccn1)C(N=[N+]=[N-])(N=[N+]=[N-])N=[N+]=[N-]. The first kappa shape index (κ1) is 17.1. The quantitative estimate of drug-likeness (QED) is 0.256. The number of hydrogen-bond donors (Lipinski definition) is 0. The van der Waals surface area contributed by atoms with E-state index >= 15 is 0 Å². The molecule has 0 spiro atoms. The van der Waals surface area contributed by atoms with Gasteiger partial charge in [0.2, 0.25) is 5.79 Å². The van der Waals surface area contributed by atoms with E-state index in [2.05, 4.69) is 42.0 Å². The van der Waals surface area contributed by atoms with Crippen LogP contribution >= 0.6 is 0 Å². The van der Waals surface area contributed by atoms with Crippen molar-refractivity contribution in [1.29, 1.82) is 0 Å². The molecule has 0 saturated heterocycles. The third kappa shape index (κ3) is 4.29. The fraction of sp³-hybridized carbons (Fsp3) is 0.583. The first-order valence-electron chi connectivity index (χ1n) is 6.83. The number of azide groups is 1. The second-order valence-corrected chi connectivity index (χ2v) is 4.56. The molecule has 1 aromatic rings. The van der Waals surface area contributed by atoms with Gasteiger partial charge in [-0.25, -0.2) is 0 Å². The number of pyridine rings is 1. The van der Waals surface area contributed by atoms with Crippen molar-refractivity contribution in [1.82, 2.24) is 4.98 Å². The molecule has 114 valence electrons. The van der Waals surface area contributed by atoms with Crippen LogP contribution < -0.4 is 0 Å². The molecule has 0 aliphatic carbocycles. The summed E-state index contributed by atoms with van der Waals surface area (Å²) in [5, 5.41) is 10.5. The summed E-state index contributed by atoms with van der Waals surface area (Å²) in [5.74, 6) is -2.54. The molecule has 0 bridgehead atoms. The molecule has 10 heteroatoms. The Kier molecular flexibility index (Phi) is 7.08. The van der Waals surface area contributed by atoms with Gasteiger partial charge in [-0.05, 0) is 35.1 Å². The van der Waals surface area contributed by atoms with Crippen molar-refractivity contribution in [3.8, 4) is 0 Å². The predicted molar refractivity (Wildman–Crippen MR) is 81.3 cm³/mol. The summed E-state index contributed by atoms with van der Waals surface area (Å²) < 4.78 is 0. The van der Waals surface area contributed by atoms with Gasteiger partial charge in [0.05, 0.1) is 0 Å². The highest BCUT2D eigenvalue weighted by Crippen LogP contribution is 2.38. The molecule has 0 saturated carbocycles. The summed E-state index contributed by atoms with van der Waals surface area (Å²) in [5.41, 5.74) is 26.9. The first-order valence-corrected chi connectivity index (χ1v) is 6.83. The molecule has 0 amide bonds. The van der Waals surface area contributed by atoms with Crippen LogP contribution in [-0.2, 0) is 0 Å². The van der Waals surface area contributed by atoms with E-state index in [-0.39, 0.29) is 0 Å². The highest BCUT2D eigenvalue weighted by molar-refractivity contribution is 5.16. The van der Waals surface area contributed by atoms with Gasteiger partial charge in [0.25, 0.3) is 0 Å². The van der Waals surface area contributed by atoms with Crippen LogP contribution in [-0.4, -0.2) is 10.8 Å². The van der Waals surface area contributed by atoms with E-state index in [1.165, 1.54) is 0 Å². The predicted octanol–water partition coefficient (Wildman–Crippen LogP) is 5.33. The van der Waals surface area contributed by atoms with Gasteiger partial charge in [-0.3, -0.25) is 4.98 Å². The Morgan fingerprint density at radius 1 is 1.09 bits per heavy atom. The minimum atomic E-state index is -1.92. The van der Waals surface area contributed by atoms with E-state index in [0.717, 1.165) is 19.3 Å². The van der Waals surface area contributed by atoms with E-state index in [4.69, 9.17) is 16.6 Å². The maximum Gasteiger partial charge on any atom is 0.212 e. The zero-order valence-electron chi connectivity index (χ0n) is 12.2. The van der Waals surface area contributed by atoms with Crippen LogP contribution in [0.1, 0.15) is 44.2 Å². The summed E-state index contributed by atoms with van der Waals surface area (Å²) >= 11 is 0. The average Bonchev–Trinajstić information content (AvgIpc) is 2.53. The van der Waals surface area contributed by atoms with Gasteiger partial charge >= 0.3 is 0 Å². The number of hydrogen-bond acceptors (Lipinski definition) is 4. The minimum Gasteiger partial charge on any atom is -0.261 e. The largest absolute Gasteiger partial charge is 0.261 e. The number of rotatable bonds is 9. The molecular weight excluding hydrogens is 284 g/mol. The van der Waals surface area contributed by atoms with Gasteiger partial charge < -0.3 is 0 Å². The van der Waals surface area contributed by atoms with Gasteiger partial charge in [0, 0.05) is 32.5 Å². The highest BCUT2D eigenvalue weighted by atomic mass is 15.5. The van der Waals surface area contributed by atoms with Crippen LogP contribution in [0.5, 0.6) is 0 Å². The lowest BCUT2D eigenvalue weighted by atomic mass is 9.91. The van der Waals surface area contributed by atoms with Gasteiger partial charge in [0.15, 0.2) is 0 Å². The molecule has 0 aliphatic rings. The molecular formula is C12H16N10. The lowest BCUT2D eigenvalue weighted by Crippen LogP contribution is -2.29. The van der Waals surface area contributed by atoms with Gasteiger partial charge in [-0.15, -0.1) is 0 Å². The summed E-state index contributed by atoms with van der Waals surface area (Å²) in [6.45, 7) is 2.05. The summed E-state index contributed by atoms with van der Waals surface area (Å²) in [6.07, 6.45) is 4.83. The van der Waals surface area contributed by atoms with Crippen LogP contribution in [0.2, 0.25) is 0 Å². The smallest absolute Gasteiger partial charge is 0.212 e. The summed E-state index contributed by atoms with van der Waals surface area (Å²) in [7, 11) is 0. The van der Waals surface area contributed by atoms with Crippen LogP contribution in [0.3, 0.4) is 0 Å². The number of unbranched alkanes of at least 4 members (excludes halogenated alkanes) is 2. The van der Waals surface area contributed by atoms with Crippen LogP contribution in [0.15, 0.2) is 39.7 Å². The van der Waals surface area contributed by atoms with Crippen molar-refractivity contribution in [3.05, 3.63) is 61.4 Å². The Morgan fingerprint density at radius 3 is 2.18 bits per heavy atom. The second-order valence-electron chi connectivity index (χ2n) is 4.56. The summed E-state index contributed by atoms with van der Waals surface area (Å²) in [6, 6.07) is 5.23. The molecule has 10 nitrogen and oxygen atoms in total. The fourth-order valence-electron chi connectivity index (χ4n) is 2.19. The van der Waals surface area contributed by atoms with Gasteiger partial charge in [-0.2, -0.15) is 0 Å². The lowest BCUT2D eigenvalue weighted by molar-refractivity contribution is 0.334. The molecule has 0 fully saturated rings. The third-order valence-electron chi connectivity index (χ3n) is 3.18. The monoisotopic (exact) mass is 300 g/mol. The molecule has 0 N–H and O–H groups in total. The lowest BCUT2D eigenvalue weighted by Gasteiger charge is -2.28. The van der Waals surface area contributed by atoms with Crippen molar-refractivity contribution in [2.45, 2.75) is 44.3 Å². The molecule has 1 heterocycles. The Hall–Kier alpha value is -2.92. The van der Waals surface area contributed by atoms with Gasteiger partial charge in [0.1, 0.15) is 0 Å². The molecule has 0 aliphatic heterocycles. The molecule has 1 aromatic heterocycles. The van der Waals surface area contributed by atoms with Crippen molar-refractivity contribution in [2.75, 3.05) is 0 Å². The minimum absolute atomic E-state index is 0.516. The fourth-order valence-corrected chi connectivity index (χ4v) is 2.19. The van der Waals surface area contributed by atoms with E-state index in [0.29, 0.717) is 12.1 Å². The third-order valence-corrected chi connectivity index (χ3v) is 3.18. The second kappa shape index (κ2) is 9.10. The van der Waals surface area contributed by atoms with E-state index in [9.17, 15) is 0 Å². The average molecular weight is 300 g/mol. The zero-order valence-corrected chi connectivity index (χ0v) is 12.2. The van der Waals surface area contributed by atoms with Crippen molar-refractivity contribution in [3.63, 3.8) is 0 Å². The standard InChI is InChI=1S/C12H16N10/c1-2-3-4-7-10(11-8-5-6-9-16-11)12(17-20-13,18-21-14)19-22-15/h5-6,8-10H,2-4,7H2,1H3. The maximum absolute atomic E-state index is 8.79. The van der Waals surface area contributed by atoms with Crippen LogP contribution in [0.25, 0.3) is 31.3 Å². The number of nitrogens with zero attached hydrogens (tertiary/aromatic N) is 10. The molecule has 0 aromatic carbocycles. The van der Waals surface area contributed by atoms with Crippen LogP contribution in [0.4, 0.5) is 0 Å². The highest BCUT2D eigenvalue weighted by Gasteiger charge is 2.38. The maximum atomic E-state index is 8.79. The molecule has 22 heavy (non-hydrogen) atoms. The Labute approximate surface area is 127 Å². The topological polar surface area (TPSA) is 159 Å². The van der Waals surface area contributed by atoms with Crippen molar-refractivity contribution >= 4 is 0 Å². The van der Waals surface area contributed by atoms with E-state index < -0.39 is 11.7 Å². The van der Waals surface area contributed by atoms with E-state index in [1.54, 1.807) is 24.4 Å². The van der Waals surface area contributed by atoms with Gasteiger partial charge in [-0.1, -0.05) is 47.6 Å². The first-order chi connectivity index (χ1) is 10.7. The molecule has 1 atom stereocenters. The van der Waals surface area contributed by atoms with E-state index in [1.807, 2.05) is 0 Å². The van der Waals surface area contributed by atoms with Crippen molar-refractivity contribution in [2.24, 2.45) is 15.3 Å². The Bertz CT molecular complexity index is 563.